The maximum atomic E-state index is 14.0. The number of halogens is 1. The van der Waals surface area contributed by atoms with Crippen LogP contribution >= 0.6 is 0 Å². The summed E-state index contributed by atoms with van der Waals surface area (Å²) in [5, 5.41) is 0. The van der Waals surface area contributed by atoms with Gasteiger partial charge in [0.25, 0.3) is 10.0 Å². The zero-order chi connectivity index (χ0) is 14.8. The van der Waals surface area contributed by atoms with E-state index in [1.54, 1.807) is 0 Å². The Labute approximate surface area is 117 Å². The molecule has 20 heavy (non-hydrogen) atoms. The van der Waals surface area contributed by atoms with E-state index < -0.39 is 20.7 Å². The van der Waals surface area contributed by atoms with Crippen molar-refractivity contribution in [3.8, 4) is 11.5 Å². The highest BCUT2D eigenvalue weighted by atomic mass is 32.2. The molecule has 1 fully saturated rings. The van der Waals surface area contributed by atoms with Crippen molar-refractivity contribution in [3.63, 3.8) is 0 Å². The third-order valence-electron chi connectivity index (χ3n) is 2.95. The molecule has 8 heteroatoms. The van der Waals surface area contributed by atoms with Gasteiger partial charge in [-0.2, -0.15) is 0 Å². The Bertz CT molecular complexity index is 584. The van der Waals surface area contributed by atoms with Crippen LogP contribution in [-0.4, -0.2) is 40.3 Å². The summed E-state index contributed by atoms with van der Waals surface area (Å²) in [6.45, 7) is 0.504. The van der Waals surface area contributed by atoms with Gasteiger partial charge in [-0.25, -0.2) is 12.8 Å². The normalized spacial score (nSPS) is 16.9. The highest BCUT2D eigenvalue weighted by Crippen LogP contribution is 2.33. The number of methoxy groups -OCH3 is 2. The quantitative estimate of drug-likeness (QED) is 0.844. The lowest BCUT2D eigenvalue weighted by Gasteiger charge is -2.25. The van der Waals surface area contributed by atoms with Crippen molar-refractivity contribution in [2.75, 3.05) is 27.4 Å². The zero-order valence-corrected chi connectivity index (χ0v) is 12.1. The van der Waals surface area contributed by atoms with E-state index in [4.69, 9.17) is 14.3 Å². The Balaban J connectivity index is 2.45. The molecule has 0 N–H and O–H groups in total. The monoisotopic (exact) mass is 305 g/mol. The molecule has 2 rings (SSSR count). The number of sulfonamides is 1. The van der Waals surface area contributed by atoms with Gasteiger partial charge in [0.15, 0.2) is 11.5 Å². The SMILES string of the molecule is COc1cc(F)c(S(=O)(=O)N2CCCCO2)cc1OC. The largest absolute Gasteiger partial charge is 0.493 e. The van der Waals surface area contributed by atoms with Crippen molar-refractivity contribution >= 4 is 10.0 Å². The van der Waals surface area contributed by atoms with Gasteiger partial charge in [-0.1, -0.05) is 4.47 Å². The van der Waals surface area contributed by atoms with Crippen LogP contribution in [-0.2, 0) is 14.9 Å². The van der Waals surface area contributed by atoms with Gasteiger partial charge in [0.05, 0.1) is 20.8 Å². The van der Waals surface area contributed by atoms with E-state index in [1.807, 2.05) is 0 Å². The summed E-state index contributed by atoms with van der Waals surface area (Å²) < 4.78 is 49.4. The number of benzene rings is 1. The second-order valence-electron chi connectivity index (χ2n) is 4.21. The van der Waals surface area contributed by atoms with Crippen LogP contribution in [0.25, 0.3) is 0 Å². The minimum absolute atomic E-state index is 0.128. The molecule has 0 radical (unpaired) electrons. The summed E-state index contributed by atoms with van der Waals surface area (Å²) in [5.74, 6) is -0.634. The fourth-order valence-electron chi connectivity index (χ4n) is 1.91. The van der Waals surface area contributed by atoms with E-state index in [1.165, 1.54) is 14.2 Å². The summed E-state index contributed by atoms with van der Waals surface area (Å²) in [6.07, 6.45) is 1.45. The molecular formula is C12H16FNO5S. The average molecular weight is 305 g/mol. The van der Waals surface area contributed by atoms with Crippen LogP contribution in [0.4, 0.5) is 4.39 Å². The second kappa shape index (κ2) is 5.94. The summed E-state index contributed by atoms with van der Waals surface area (Å²) in [5.41, 5.74) is 0. The number of ether oxygens (including phenoxy) is 2. The predicted molar refractivity (Wildman–Crippen MR) is 68.6 cm³/mol. The molecule has 0 unspecified atom stereocenters. The van der Waals surface area contributed by atoms with Gasteiger partial charge in [-0.05, 0) is 12.8 Å². The molecule has 1 saturated heterocycles. The first-order chi connectivity index (χ1) is 9.50. The zero-order valence-electron chi connectivity index (χ0n) is 11.3. The van der Waals surface area contributed by atoms with E-state index >= 15 is 0 Å². The van der Waals surface area contributed by atoms with Crippen LogP contribution in [0, 0.1) is 5.82 Å². The molecular weight excluding hydrogens is 289 g/mol. The topological polar surface area (TPSA) is 65.1 Å². The Morgan fingerprint density at radius 3 is 2.40 bits per heavy atom. The standard InChI is InChI=1S/C12H16FNO5S/c1-17-10-7-9(13)12(8-11(10)18-2)20(15,16)14-5-3-4-6-19-14/h7-8H,3-6H2,1-2H3. The molecule has 1 aliphatic heterocycles. The summed E-state index contributed by atoms with van der Waals surface area (Å²) in [4.78, 5) is 4.60. The van der Waals surface area contributed by atoms with Crippen molar-refractivity contribution in [3.05, 3.63) is 17.9 Å². The molecule has 1 aromatic rings. The molecule has 0 amide bonds. The van der Waals surface area contributed by atoms with Gasteiger partial charge >= 0.3 is 0 Å². The molecule has 0 bridgehead atoms. The number of hydroxylamine groups is 1. The van der Waals surface area contributed by atoms with Crippen LogP contribution < -0.4 is 9.47 Å². The van der Waals surface area contributed by atoms with Gasteiger partial charge in [0, 0.05) is 18.7 Å². The Morgan fingerprint density at radius 2 is 1.85 bits per heavy atom. The lowest BCUT2D eigenvalue weighted by atomic mass is 10.3. The lowest BCUT2D eigenvalue weighted by Crippen LogP contribution is -2.36. The fraction of sp³-hybridized carbons (Fsp3) is 0.500. The van der Waals surface area contributed by atoms with E-state index in [0.717, 1.165) is 23.0 Å². The van der Waals surface area contributed by atoms with Crippen LogP contribution in [0.15, 0.2) is 17.0 Å². The molecule has 112 valence electrons. The van der Waals surface area contributed by atoms with Gasteiger partial charge < -0.3 is 9.47 Å². The molecule has 1 aromatic carbocycles. The summed E-state index contributed by atoms with van der Waals surface area (Å²) >= 11 is 0. The van der Waals surface area contributed by atoms with Gasteiger partial charge in [-0.3, -0.25) is 4.84 Å². The smallest absolute Gasteiger partial charge is 0.268 e. The fourth-order valence-corrected chi connectivity index (χ4v) is 3.27. The van der Waals surface area contributed by atoms with Gasteiger partial charge in [-0.15, -0.1) is 0 Å². The first-order valence-electron chi connectivity index (χ1n) is 6.08. The van der Waals surface area contributed by atoms with E-state index in [9.17, 15) is 12.8 Å². The molecule has 1 heterocycles. The van der Waals surface area contributed by atoms with Crippen LogP contribution in [0.1, 0.15) is 12.8 Å². The number of nitrogens with zero attached hydrogens (tertiary/aromatic N) is 1. The molecule has 1 aliphatic rings. The Hall–Kier alpha value is -1.38. The maximum absolute atomic E-state index is 14.0. The average Bonchev–Trinajstić information content (AvgIpc) is 2.47. The molecule has 0 spiro atoms. The molecule has 0 atom stereocenters. The van der Waals surface area contributed by atoms with E-state index in [-0.39, 0.29) is 18.0 Å². The van der Waals surface area contributed by atoms with Crippen molar-refractivity contribution < 1.29 is 27.1 Å². The van der Waals surface area contributed by atoms with Gasteiger partial charge in [0.2, 0.25) is 0 Å². The molecule has 6 nitrogen and oxygen atoms in total. The number of hydrogen-bond acceptors (Lipinski definition) is 5. The third kappa shape index (κ3) is 2.72. The van der Waals surface area contributed by atoms with Crippen molar-refractivity contribution in [1.29, 1.82) is 0 Å². The predicted octanol–water partition coefficient (Wildman–Crippen LogP) is 1.56. The lowest BCUT2D eigenvalue weighted by molar-refractivity contribution is -0.109. The second-order valence-corrected chi connectivity index (χ2v) is 6.01. The number of hydrogen-bond donors (Lipinski definition) is 0. The van der Waals surface area contributed by atoms with Crippen molar-refractivity contribution in [2.24, 2.45) is 0 Å². The van der Waals surface area contributed by atoms with E-state index in [2.05, 4.69) is 0 Å². The van der Waals surface area contributed by atoms with Crippen LogP contribution in [0.5, 0.6) is 11.5 Å². The van der Waals surface area contributed by atoms with Crippen molar-refractivity contribution in [1.82, 2.24) is 4.47 Å². The minimum Gasteiger partial charge on any atom is -0.493 e. The van der Waals surface area contributed by atoms with E-state index in [0.29, 0.717) is 13.0 Å². The molecule has 0 saturated carbocycles. The minimum atomic E-state index is -4.05. The first-order valence-corrected chi connectivity index (χ1v) is 7.52. The third-order valence-corrected chi connectivity index (χ3v) is 4.65. The Morgan fingerprint density at radius 1 is 1.20 bits per heavy atom. The van der Waals surface area contributed by atoms with Gasteiger partial charge in [0.1, 0.15) is 10.7 Å². The molecule has 0 aromatic heterocycles. The Kier molecular flexibility index (Phi) is 4.46. The summed E-state index contributed by atoms with van der Waals surface area (Å²) in [7, 11) is -1.35. The van der Waals surface area contributed by atoms with Crippen molar-refractivity contribution in [2.45, 2.75) is 17.7 Å². The van der Waals surface area contributed by atoms with Crippen LogP contribution in [0.3, 0.4) is 0 Å². The summed E-state index contributed by atoms with van der Waals surface area (Å²) in [6, 6.07) is 2.08. The van der Waals surface area contributed by atoms with Crippen LogP contribution in [0.2, 0.25) is 0 Å². The number of rotatable bonds is 4. The molecule has 0 aliphatic carbocycles. The highest BCUT2D eigenvalue weighted by Gasteiger charge is 2.31. The highest BCUT2D eigenvalue weighted by molar-refractivity contribution is 7.89. The first kappa shape index (κ1) is 15.0. The maximum Gasteiger partial charge on any atom is 0.268 e.